The molecule has 0 aromatic heterocycles. The number of benzene rings is 3. The quantitative estimate of drug-likeness (QED) is 0.488. The number of aliphatic hydroxyl groups is 1. The van der Waals surface area contributed by atoms with E-state index in [-0.39, 0.29) is 0 Å². The Morgan fingerprint density at radius 2 is 1.34 bits per heavy atom. The minimum absolute atomic E-state index is 0.483. The smallest absolute Gasteiger partial charge is 0.119 e. The standard InChI is InChI=1S/C28H33NO3/c1-2-31-26-14-10-24(11-15-26)28(30,22-23-8-4-3-5-9-23)25-12-16-27(17-13-25)32-21-20-29-18-6-7-19-29/h3-5,8-17,30H,2,6-7,18-22H2,1H3. The first-order valence-corrected chi connectivity index (χ1v) is 11.6. The maximum atomic E-state index is 12.0. The Bertz CT molecular complexity index is 950. The number of hydrogen-bond donors (Lipinski definition) is 1. The van der Waals surface area contributed by atoms with Crippen molar-refractivity contribution in [3.8, 4) is 11.5 Å². The van der Waals surface area contributed by atoms with Crippen LogP contribution in [0.4, 0.5) is 0 Å². The molecule has 1 heterocycles. The highest BCUT2D eigenvalue weighted by Crippen LogP contribution is 2.35. The van der Waals surface area contributed by atoms with E-state index < -0.39 is 5.60 Å². The number of nitrogens with zero attached hydrogens (tertiary/aromatic N) is 1. The van der Waals surface area contributed by atoms with Gasteiger partial charge >= 0.3 is 0 Å². The van der Waals surface area contributed by atoms with E-state index in [1.807, 2.05) is 73.7 Å². The van der Waals surface area contributed by atoms with Gasteiger partial charge in [-0.1, -0.05) is 54.6 Å². The summed E-state index contributed by atoms with van der Waals surface area (Å²) >= 11 is 0. The van der Waals surface area contributed by atoms with Crippen molar-refractivity contribution in [2.24, 2.45) is 0 Å². The highest BCUT2D eigenvalue weighted by molar-refractivity contribution is 5.42. The number of ether oxygens (including phenoxy) is 2. The third-order valence-electron chi connectivity index (χ3n) is 6.15. The highest BCUT2D eigenvalue weighted by atomic mass is 16.5. The van der Waals surface area contributed by atoms with Gasteiger partial charge in [0.1, 0.15) is 23.7 Å². The lowest BCUT2D eigenvalue weighted by Gasteiger charge is -2.30. The fraction of sp³-hybridized carbons (Fsp3) is 0.357. The molecule has 1 atom stereocenters. The van der Waals surface area contributed by atoms with Gasteiger partial charge in [0.15, 0.2) is 0 Å². The predicted octanol–water partition coefficient (Wildman–Crippen LogP) is 5.04. The van der Waals surface area contributed by atoms with Gasteiger partial charge in [0.25, 0.3) is 0 Å². The van der Waals surface area contributed by atoms with Gasteiger partial charge in [-0.2, -0.15) is 0 Å². The zero-order chi connectivity index (χ0) is 22.2. The van der Waals surface area contributed by atoms with Crippen molar-refractivity contribution in [3.05, 3.63) is 95.6 Å². The molecule has 0 amide bonds. The van der Waals surface area contributed by atoms with Gasteiger partial charge in [-0.05, 0) is 73.8 Å². The maximum absolute atomic E-state index is 12.0. The van der Waals surface area contributed by atoms with Gasteiger partial charge in [-0.25, -0.2) is 0 Å². The van der Waals surface area contributed by atoms with Crippen molar-refractivity contribution in [1.29, 1.82) is 0 Å². The summed E-state index contributed by atoms with van der Waals surface area (Å²) < 4.78 is 11.5. The molecule has 1 unspecified atom stereocenters. The first kappa shape index (κ1) is 22.4. The first-order valence-electron chi connectivity index (χ1n) is 11.6. The minimum Gasteiger partial charge on any atom is -0.494 e. The zero-order valence-corrected chi connectivity index (χ0v) is 18.9. The second-order valence-electron chi connectivity index (χ2n) is 8.40. The molecule has 1 fully saturated rings. The summed E-state index contributed by atoms with van der Waals surface area (Å²) in [6.07, 6.45) is 3.07. The van der Waals surface area contributed by atoms with Crippen LogP contribution < -0.4 is 9.47 Å². The molecule has 3 aromatic rings. The molecule has 32 heavy (non-hydrogen) atoms. The van der Waals surface area contributed by atoms with Gasteiger partial charge < -0.3 is 14.6 Å². The maximum Gasteiger partial charge on any atom is 0.119 e. The van der Waals surface area contributed by atoms with Crippen LogP contribution >= 0.6 is 0 Å². The molecule has 1 N–H and O–H groups in total. The van der Waals surface area contributed by atoms with E-state index >= 15 is 0 Å². The number of rotatable bonds is 10. The molecular formula is C28H33NO3. The van der Waals surface area contributed by atoms with Crippen LogP contribution in [0.1, 0.15) is 36.5 Å². The summed E-state index contributed by atoms with van der Waals surface area (Å²) in [7, 11) is 0. The van der Waals surface area contributed by atoms with Crippen molar-refractivity contribution in [1.82, 2.24) is 4.90 Å². The molecule has 4 heteroatoms. The first-order chi connectivity index (χ1) is 15.7. The average Bonchev–Trinajstić information content (AvgIpc) is 3.34. The monoisotopic (exact) mass is 431 g/mol. The number of likely N-dealkylation sites (tertiary alicyclic amines) is 1. The third-order valence-corrected chi connectivity index (χ3v) is 6.15. The second kappa shape index (κ2) is 10.7. The lowest BCUT2D eigenvalue weighted by molar-refractivity contribution is 0.0810. The Kier molecular flexibility index (Phi) is 7.46. The Labute approximate surface area is 191 Å². The van der Waals surface area contributed by atoms with E-state index in [1.54, 1.807) is 0 Å². The van der Waals surface area contributed by atoms with Gasteiger partial charge in [-0.3, -0.25) is 4.90 Å². The fourth-order valence-corrected chi connectivity index (χ4v) is 4.38. The number of hydrogen-bond acceptors (Lipinski definition) is 4. The topological polar surface area (TPSA) is 41.9 Å². The lowest BCUT2D eigenvalue weighted by Crippen LogP contribution is -2.30. The molecular weight excluding hydrogens is 398 g/mol. The Morgan fingerprint density at radius 1 is 0.781 bits per heavy atom. The minimum atomic E-state index is -1.15. The van der Waals surface area contributed by atoms with Gasteiger partial charge in [-0.15, -0.1) is 0 Å². The van der Waals surface area contributed by atoms with Crippen LogP contribution in [0.3, 0.4) is 0 Å². The molecule has 0 radical (unpaired) electrons. The fourth-order valence-electron chi connectivity index (χ4n) is 4.38. The lowest BCUT2D eigenvalue weighted by atomic mass is 9.81. The van der Waals surface area contributed by atoms with Crippen LogP contribution in [0.5, 0.6) is 11.5 Å². The highest BCUT2D eigenvalue weighted by Gasteiger charge is 2.32. The summed E-state index contributed by atoms with van der Waals surface area (Å²) in [4.78, 5) is 2.44. The van der Waals surface area contributed by atoms with E-state index in [4.69, 9.17) is 9.47 Å². The van der Waals surface area contributed by atoms with Gasteiger partial charge in [0, 0.05) is 13.0 Å². The molecule has 1 saturated heterocycles. The second-order valence-corrected chi connectivity index (χ2v) is 8.40. The van der Waals surface area contributed by atoms with Crippen molar-refractivity contribution in [3.63, 3.8) is 0 Å². The molecule has 4 nitrogen and oxygen atoms in total. The third kappa shape index (κ3) is 5.50. The van der Waals surface area contributed by atoms with Crippen molar-refractivity contribution < 1.29 is 14.6 Å². The summed E-state index contributed by atoms with van der Waals surface area (Å²) in [6, 6.07) is 25.7. The molecule has 168 valence electrons. The van der Waals surface area contributed by atoms with E-state index in [0.717, 1.165) is 34.7 Å². The van der Waals surface area contributed by atoms with Crippen molar-refractivity contribution in [2.75, 3.05) is 32.8 Å². The Hall–Kier alpha value is -2.82. The van der Waals surface area contributed by atoms with Crippen LogP contribution in [0.2, 0.25) is 0 Å². The van der Waals surface area contributed by atoms with Gasteiger partial charge in [0.05, 0.1) is 6.61 Å². The molecule has 1 aliphatic rings. The Morgan fingerprint density at radius 3 is 1.91 bits per heavy atom. The molecule has 0 saturated carbocycles. The molecule has 0 spiro atoms. The van der Waals surface area contributed by atoms with Crippen LogP contribution in [-0.4, -0.2) is 42.9 Å². The zero-order valence-electron chi connectivity index (χ0n) is 18.9. The molecule has 3 aromatic carbocycles. The van der Waals surface area contributed by atoms with E-state index in [1.165, 1.54) is 25.9 Å². The van der Waals surface area contributed by atoms with E-state index in [2.05, 4.69) is 17.0 Å². The van der Waals surface area contributed by atoms with Crippen molar-refractivity contribution in [2.45, 2.75) is 31.8 Å². The molecule has 4 rings (SSSR count). The molecule has 1 aliphatic heterocycles. The molecule has 0 bridgehead atoms. The normalized spacial score (nSPS) is 15.9. The van der Waals surface area contributed by atoms with Gasteiger partial charge in [0.2, 0.25) is 0 Å². The largest absolute Gasteiger partial charge is 0.494 e. The van der Waals surface area contributed by atoms with Crippen LogP contribution in [-0.2, 0) is 12.0 Å². The summed E-state index contributed by atoms with van der Waals surface area (Å²) in [5.74, 6) is 1.64. The SMILES string of the molecule is CCOc1ccc(C(O)(Cc2ccccc2)c2ccc(OCCN3CCCC3)cc2)cc1. The average molecular weight is 432 g/mol. The summed E-state index contributed by atoms with van der Waals surface area (Å²) in [6.45, 7) is 6.59. The summed E-state index contributed by atoms with van der Waals surface area (Å²) in [5, 5.41) is 12.0. The van der Waals surface area contributed by atoms with Crippen LogP contribution in [0.25, 0.3) is 0 Å². The van der Waals surface area contributed by atoms with E-state index in [9.17, 15) is 5.11 Å². The predicted molar refractivity (Wildman–Crippen MR) is 128 cm³/mol. The van der Waals surface area contributed by atoms with E-state index in [0.29, 0.717) is 19.6 Å². The van der Waals surface area contributed by atoms with Crippen LogP contribution in [0.15, 0.2) is 78.9 Å². The summed E-state index contributed by atoms with van der Waals surface area (Å²) in [5.41, 5.74) is 1.61. The van der Waals surface area contributed by atoms with Crippen molar-refractivity contribution >= 4 is 0 Å². The van der Waals surface area contributed by atoms with Crippen LogP contribution in [0, 0.1) is 0 Å². The molecule has 0 aliphatic carbocycles. The Balaban J connectivity index is 1.53.